The van der Waals surface area contributed by atoms with E-state index >= 15 is 0 Å². The number of hydrogen-bond donors (Lipinski definition) is 1. The Hall–Kier alpha value is -1.68. The molecule has 0 spiro atoms. The van der Waals surface area contributed by atoms with Gasteiger partial charge in [-0.2, -0.15) is 4.98 Å². The lowest BCUT2D eigenvalue weighted by Gasteiger charge is -2.14. The van der Waals surface area contributed by atoms with Crippen LogP contribution in [0.1, 0.15) is 31.1 Å². The lowest BCUT2D eigenvalue weighted by molar-refractivity contribution is 0.344. The quantitative estimate of drug-likeness (QED) is 0.876. The standard InChI is InChI=1S/C14H19N3O/c1-14(2,15)10-13-16-12(17-18-13)9-8-11-6-4-3-5-7-11/h3-7H,8-10,15H2,1-2H3. The molecular weight excluding hydrogens is 226 g/mol. The van der Waals surface area contributed by atoms with Crippen molar-refractivity contribution < 1.29 is 4.52 Å². The first kappa shape index (κ1) is 12.8. The van der Waals surface area contributed by atoms with Gasteiger partial charge in [-0.1, -0.05) is 35.5 Å². The highest BCUT2D eigenvalue weighted by Gasteiger charge is 2.16. The van der Waals surface area contributed by atoms with Crippen molar-refractivity contribution in [3.63, 3.8) is 0 Å². The minimum Gasteiger partial charge on any atom is -0.339 e. The molecule has 0 unspecified atom stereocenters. The zero-order valence-corrected chi connectivity index (χ0v) is 10.9. The molecule has 1 aromatic heterocycles. The number of rotatable bonds is 5. The number of hydrogen-bond acceptors (Lipinski definition) is 4. The van der Waals surface area contributed by atoms with Gasteiger partial charge in [-0.15, -0.1) is 0 Å². The van der Waals surface area contributed by atoms with Gasteiger partial charge in [-0.3, -0.25) is 0 Å². The summed E-state index contributed by atoms with van der Waals surface area (Å²) in [6, 6.07) is 10.3. The molecule has 1 heterocycles. The molecule has 2 aromatic rings. The molecule has 0 aliphatic heterocycles. The SMILES string of the molecule is CC(C)(N)Cc1nc(CCc2ccccc2)no1. The fraction of sp³-hybridized carbons (Fsp3) is 0.429. The maximum absolute atomic E-state index is 5.91. The summed E-state index contributed by atoms with van der Waals surface area (Å²) < 4.78 is 5.19. The molecule has 96 valence electrons. The van der Waals surface area contributed by atoms with E-state index in [0.717, 1.165) is 18.7 Å². The van der Waals surface area contributed by atoms with Crippen molar-refractivity contribution in [1.29, 1.82) is 0 Å². The van der Waals surface area contributed by atoms with Crippen LogP contribution in [0.15, 0.2) is 34.9 Å². The van der Waals surface area contributed by atoms with Crippen molar-refractivity contribution >= 4 is 0 Å². The second-order valence-electron chi connectivity index (χ2n) is 5.26. The molecule has 0 amide bonds. The van der Waals surface area contributed by atoms with Gasteiger partial charge in [0.2, 0.25) is 5.89 Å². The molecule has 0 saturated heterocycles. The third kappa shape index (κ3) is 3.96. The van der Waals surface area contributed by atoms with E-state index in [1.54, 1.807) is 0 Å². The smallest absolute Gasteiger partial charge is 0.228 e. The fourth-order valence-corrected chi connectivity index (χ4v) is 1.75. The summed E-state index contributed by atoms with van der Waals surface area (Å²) in [6.45, 7) is 3.89. The van der Waals surface area contributed by atoms with Gasteiger partial charge in [0, 0.05) is 18.4 Å². The van der Waals surface area contributed by atoms with Crippen LogP contribution in [0, 0.1) is 0 Å². The summed E-state index contributed by atoms with van der Waals surface area (Å²) in [5.41, 5.74) is 6.88. The Morgan fingerprint density at radius 1 is 1.17 bits per heavy atom. The Morgan fingerprint density at radius 2 is 1.89 bits per heavy atom. The molecular formula is C14H19N3O. The van der Waals surface area contributed by atoms with E-state index in [2.05, 4.69) is 22.3 Å². The average molecular weight is 245 g/mol. The molecule has 0 aliphatic carbocycles. The Morgan fingerprint density at radius 3 is 2.56 bits per heavy atom. The second-order valence-corrected chi connectivity index (χ2v) is 5.26. The third-order valence-corrected chi connectivity index (χ3v) is 2.60. The molecule has 0 fully saturated rings. The third-order valence-electron chi connectivity index (χ3n) is 2.60. The van der Waals surface area contributed by atoms with Crippen LogP contribution in [0.4, 0.5) is 0 Å². The van der Waals surface area contributed by atoms with E-state index in [4.69, 9.17) is 10.3 Å². The highest BCUT2D eigenvalue weighted by Crippen LogP contribution is 2.09. The first-order chi connectivity index (χ1) is 8.53. The summed E-state index contributed by atoms with van der Waals surface area (Å²) in [6.07, 6.45) is 2.32. The zero-order valence-electron chi connectivity index (χ0n) is 10.9. The van der Waals surface area contributed by atoms with Gasteiger partial charge in [0.25, 0.3) is 0 Å². The molecule has 0 bridgehead atoms. The highest BCUT2D eigenvalue weighted by atomic mass is 16.5. The molecule has 2 rings (SSSR count). The van der Waals surface area contributed by atoms with Crippen molar-refractivity contribution in [1.82, 2.24) is 10.1 Å². The molecule has 2 N–H and O–H groups in total. The molecule has 4 nitrogen and oxygen atoms in total. The molecule has 0 aliphatic rings. The zero-order chi connectivity index (χ0) is 13.0. The first-order valence-corrected chi connectivity index (χ1v) is 6.17. The van der Waals surface area contributed by atoms with E-state index in [-0.39, 0.29) is 5.54 Å². The van der Waals surface area contributed by atoms with Crippen LogP contribution in [0.3, 0.4) is 0 Å². The minimum atomic E-state index is -0.316. The van der Waals surface area contributed by atoms with Crippen LogP contribution in [-0.4, -0.2) is 15.7 Å². The second kappa shape index (κ2) is 5.31. The van der Waals surface area contributed by atoms with Gasteiger partial charge >= 0.3 is 0 Å². The maximum atomic E-state index is 5.91. The van der Waals surface area contributed by atoms with Gasteiger partial charge in [-0.25, -0.2) is 0 Å². The summed E-state index contributed by atoms with van der Waals surface area (Å²) in [7, 11) is 0. The van der Waals surface area contributed by atoms with Crippen molar-refractivity contribution in [3.05, 3.63) is 47.6 Å². The van der Waals surface area contributed by atoms with Crippen LogP contribution in [0.5, 0.6) is 0 Å². The minimum absolute atomic E-state index is 0.316. The van der Waals surface area contributed by atoms with Gasteiger partial charge in [0.1, 0.15) is 0 Å². The molecule has 0 atom stereocenters. The Bertz CT molecular complexity index is 485. The first-order valence-electron chi connectivity index (χ1n) is 6.17. The number of aryl methyl sites for hydroxylation is 2. The largest absolute Gasteiger partial charge is 0.339 e. The number of nitrogens with zero attached hydrogens (tertiary/aromatic N) is 2. The van der Waals surface area contributed by atoms with Crippen molar-refractivity contribution in [2.75, 3.05) is 0 Å². The van der Waals surface area contributed by atoms with Gasteiger partial charge in [-0.05, 0) is 25.8 Å². The summed E-state index contributed by atoms with van der Waals surface area (Å²) in [5, 5.41) is 3.97. The highest BCUT2D eigenvalue weighted by molar-refractivity contribution is 5.15. The molecule has 1 aromatic carbocycles. The van der Waals surface area contributed by atoms with Gasteiger partial charge < -0.3 is 10.3 Å². The van der Waals surface area contributed by atoms with E-state index in [9.17, 15) is 0 Å². The normalized spacial score (nSPS) is 11.7. The average Bonchev–Trinajstić information content (AvgIpc) is 2.73. The van der Waals surface area contributed by atoms with Crippen molar-refractivity contribution in [3.8, 4) is 0 Å². The van der Waals surface area contributed by atoms with Crippen LogP contribution in [0.2, 0.25) is 0 Å². The lowest BCUT2D eigenvalue weighted by atomic mass is 10.0. The lowest BCUT2D eigenvalue weighted by Crippen LogP contribution is -2.34. The number of aromatic nitrogens is 2. The van der Waals surface area contributed by atoms with Crippen LogP contribution in [0.25, 0.3) is 0 Å². The Kier molecular flexibility index (Phi) is 3.77. The summed E-state index contributed by atoms with van der Waals surface area (Å²) in [5.74, 6) is 1.36. The molecule has 18 heavy (non-hydrogen) atoms. The van der Waals surface area contributed by atoms with Gasteiger partial charge in [0.15, 0.2) is 5.82 Å². The van der Waals surface area contributed by atoms with Crippen molar-refractivity contribution in [2.45, 2.75) is 38.6 Å². The molecule has 0 radical (unpaired) electrons. The monoisotopic (exact) mass is 245 g/mol. The molecule has 4 heteroatoms. The number of benzene rings is 1. The molecule has 0 saturated carbocycles. The van der Waals surface area contributed by atoms with Crippen LogP contribution < -0.4 is 5.73 Å². The summed E-state index contributed by atoms with van der Waals surface area (Å²) in [4.78, 5) is 4.35. The predicted octanol–water partition coefficient (Wildman–Crippen LogP) is 2.13. The van der Waals surface area contributed by atoms with E-state index < -0.39 is 0 Å². The van der Waals surface area contributed by atoms with Crippen molar-refractivity contribution in [2.24, 2.45) is 5.73 Å². The van der Waals surface area contributed by atoms with E-state index in [1.165, 1.54) is 5.56 Å². The number of nitrogens with two attached hydrogens (primary N) is 1. The van der Waals surface area contributed by atoms with Gasteiger partial charge in [0.05, 0.1) is 0 Å². The predicted molar refractivity (Wildman–Crippen MR) is 70.1 cm³/mol. The fourth-order valence-electron chi connectivity index (χ4n) is 1.75. The van der Waals surface area contributed by atoms with E-state index in [0.29, 0.717) is 12.3 Å². The topological polar surface area (TPSA) is 64.9 Å². The summed E-state index contributed by atoms with van der Waals surface area (Å²) >= 11 is 0. The van der Waals surface area contributed by atoms with Crippen LogP contribution in [-0.2, 0) is 19.3 Å². The maximum Gasteiger partial charge on any atom is 0.228 e. The Balaban J connectivity index is 1.91. The van der Waals surface area contributed by atoms with E-state index in [1.807, 2.05) is 32.0 Å². The van der Waals surface area contributed by atoms with Crippen LogP contribution >= 0.6 is 0 Å². The Labute approximate surface area is 107 Å².